The van der Waals surface area contributed by atoms with Crippen LogP contribution in [0, 0.1) is 10.1 Å². The molecule has 0 radical (unpaired) electrons. The van der Waals surface area contributed by atoms with E-state index in [0.717, 1.165) is 16.9 Å². The molecule has 0 spiro atoms. The Labute approximate surface area is 102 Å². The van der Waals surface area contributed by atoms with E-state index >= 15 is 0 Å². The zero-order chi connectivity index (χ0) is 12.4. The van der Waals surface area contributed by atoms with Crippen LogP contribution in [-0.2, 0) is 0 Å². The van der Waals surface area contributed by atoms with E-state index in [2.05, 4.69) is 4.98 Å². The van der Waals surface area contributed by atoms with Crippen LogP contribution in [0.4, 0.5) is 10.1 Å². The maximum atomic E-state index is 11.0. The molecule has 0 saturated carbocycles. The van der Waals surface area contributed by atoms with Crippen LogP contribution in [-0.4, -0.2) is 24.0 Å². The van der Waals surface area contributed by atoms with Gasteiger partial charge in [-0.25, -0.2) is 4.98 Å². The van der Waals surface area contributed by atoms with E-state index in [-0.39, 0.29) is 9.92 Å². The van der Waals surface area contributed by atoms with E-state index in [9.17, 15) is 10.1 Å². The number of aromatic nitrogens is 1. The van der Waals surface area contributed by atoms with Crippen molar-refractivity contribution in [1.29, 1.82) is 0 Å². The highest BCUT2D eigenvalue weighted by atomic mass is 32.1. The summed E-state index contributed by atoms with van der Waals surface area (Å²) in [6.45, 7) is 0. The Hall–Kier alpha value is -1.95. The van der Waals surface area contributed by atoms with Crippen LogP contribution in [0.25, 0.3) is 11.3 Å². The van der Waals surface area contributed by atoms with Crippen LogP contribution in [0.1, 0.15) is 0 Å². The van der Waals surface area contributed by atoms with Crippen molar-refractivity contribution in [2.75, 3.05) is 19.0 Å². The summed E-state index contributed by atoms with van der Waals surface area (Å²) >= 11 is 1.09. The molecule has 0 aliphatic heterocycles. The summed E-state index contributed by atoms with van der Waals surface area (Å²) in [5.41, 5.74) is 1.20. The monoisotopic (exact) mass is 249 g/mol. The lowest BCUT2D eigenvalue weighted by molar-refractivity contribution is -0.379. The molecule has 0 bridgehead atoms. The Morgan fingerprint density at radius 2 is 1.94 bits per heavy atom. The molecular formula is C11H11N3O2S. The topological polar surface area (TPSA) is 59.3 Å². The van der Waals surface area contributed by atoms with Crippen LogP contribution >= 0.6 is 11.3 Å². The molecule has 0 aliphatic carbocycles. The van der Waals surface area contributed by atoms with Gasteiger partial charge in [0.15, 0.2) is 10.8 Å². The minimum atomic E-state index is -0.382. The van der Waals surface area contributed by atoms with E-state index in [4.69, 9.17) is 0 Å². The van der Waals surface area contributed by atoms with Crippen molar-refractivity contribution < 1.29 is 4.92 Å². The summed E-state index contributed by atoms with van der Waals surface area (Å²) in [5, 5.41) is 11.7. The molecule has 0 saturated heterocycles. The van der Waals surface area contributed by atoms with Gasteiger partial charge in [0.05, 0.1) is 4.92 Å². The lowest BCUT2D eigenvalue weighted by atomic mass is 10.2. The van der Waals surface area contributed by atoms with Gasteiger partial charge in [0.2, 0.25) is 0 Å². The summed E-state index contributed by atoms with van der Waals surface area (Å²) in [7, 11) is 3.63. The maximum Gasteiger partial charge on any atom is 0.353 e. The first-order chi connectivity index (χ1) is 8.09. The highest BCUT2D eigenvalue weighted by molar-refractivity contribution is 7.19. The lowest BCUT2D eigenvalue weighted by Crippen LogP contribution is -2.07. The van der Waals surface area contributed by atoms with Gasteiger partial charge in [0.1, 0.15) is 0 Å². The first-order valence-electron chi connectivity index (χ1n) is 4.97. The fourth-order valence-corrected chi connectivity index (χ4v) is 2.23. The zero-order valence-electron chi connectivity index (χ0n) is 9.45. The lowest BCUT2D eigenvalue weighted by Gasteiger charge is -2.04. The first kappa shape index (κ1) is 11.5. The predicted molar refractivity (Wildman–Crippen MR) is 68.5 cm³/mol. The number of benzene rings is 1. The third-order valence-electron chi connectivity index (χ3n) is 2.19. The SMILES string of the molecule is CN(C)c1nc(-c2ccccc2)c([N+](=O)[O-])s1. The molecule has 0 fully saturated rings. The standard InChI is InChI=1S/C11H11N3O2S/c1-13(2)11-12-9(10(17-11)14(15)16)8-6-4-3-5-7-8/h3-7H,1-2H3. The van der Waals surface area contributed by atoms with Crippen molar-refractivity contribution in [2.24, 2.45) is 0 Å². The van der Waals surface area contributed by atoms with Gasteiger partial charge in [-0.15, -0.1) is 0 Å². The maximum absolute atomic E-state index is 11.0. The number of anilines is 1. The number of hydrogen-bond acceptors (Lipinski definition) is 5. The second kappa shape index (κ2) is 4.50. The molecule has 2 aromatic rings. The van der Waals surface area contributed by atoms with Gasteiger partial charge in [-0.05, 0) is 11.3 Å². The highest BCUT2D eigenvalue weighted by Gasteiger charge is 2.23. The van der Waals surface area contributed by atoms with Crippen LogP contribution in [0.2, 0.25) is 0 Å². The zero-order valence-corrected chi connectivity index (χ0v) is 10.3. The van der Waals surface area contributed by atoms with Crippen LogP contribution in [0.3, 0.4) is 0 Å². The van der Waals surface area contributed by atoms with Gasteiger partial charge in [0, 0.05) is 19.7 Å². The third-order valence-corrected chi connectivity index (χ3v) is 3.37. The molecule has 88 valence electrons. The predicted octanol–water partition coefficient (Wildman–Crippen LogP) is 2.78. The molecule has 0 N–H and O–H groups in total. The summed E-state index contributed by atoms with van der Waals surface area (Å²) < 4.78 is 0. The van der Waals surface area contributed by atoms with E-state index < -0.39 is 0 Å². The molecule has 1 aromatic carbocycles. The molecule has 0 unspecified atom stereocenters. The largest absolute Gasteiger partial charge is 0.354 e. The Kier molecular flexibility index (Phi) is 3.06. The normalized spacial score (nSPS) is 10.2. The van der Waals surface area contributed by atoms with Crippen molar-refractivity contribution in [3.05, 3.63) is 40.4 Å². The molecule has 6 heteroatoms. The van der Waals surface area contributed by atoms with Crippen molar-refractivity contribution in [3.8, 4) is 11.3 Å². The van der Waals surface area contributed by atoms with Crippen molar-refractivity contribution in [3.63, 3.8) is 0 Å². The molecule has 1 heterocycles. The van der Waals surface area contributed by atoms with Crippen molar-refractivity contribution in [2.45, 2.75) is 0 Å². The van der Waals surface area contributed by atoms with Gasteiger partial charge in [0.25, 0.3) is 0 Å². The molecule has 0 amide bonds. The van der Waals surface area contributed by atoms with Gasteiger partial charge >= 0.3 is 5.00 Å². The van der Waals surface area contributed by atoms with Crippen molar-refractivity contribution in [1.82, 2.24) is 4.98 Å². The van der Waals surface area contributed by atoms with E-state index in [1.165, 1.54) is 0 Å². The molecular weight excluding hydrogens is 238 g/mol. The van der Waals surface area contributed by atoms with Crippen LogP contribution in [0.5, 0.6) is 0 Å². The highest BCUT2D eigenvalue weighted by Crippen LogP contribution is 2.38. The van der Waals surface area contributed by atoms with Crippen LogP contribution < -0.4 is 4.90 Å². The average molecular weight is 249 g/mol. The quantitative estimate of drug-likeness (QED) is 0.620. The molecule has 0 atom stereocenters. The number of thiazole rings is 1. The van der Waals surface area contributed by atoms with E-state index in [0.29, 0.717) is 10.8 Å². The number of hydrogen-bond donors (Lipinski definition) is 0. The molecule has 0 aliphatic rings. The Morgan fingerprint density at radius 3 is 2.47 bits per heavy atom. The van der Waals surface area contributed by atoms with Crippen LogP contribution in [0.15, 0.2) is 30.3 Å². The Balaban J connectivity index is 2.56. The molecule has 17 heavy (non-hydrogen) atoms. The van der Waals surface area contributed by atoms with Crippen molar-refractivity contribution >= 4 is 21.5 Å². The molecule has 2 rings (SSSR count). The fraction of sp³-hybridized carbons (Fsp3) is 0.182. The average Bonchev–Trinajstić information content (AvgIpc) is 2.75. The number of rotatable bonds is 3. The second-order valence-electron chi connectivity index (χ2n) is 3.67. The van der Waals surface area contributed by atoms with E-state index in [1.54, 1.807) is 4.90 Å². The molecule has 5 nitrogen and oxygen atoms in total. The second-order valence-corrected chi connectivity index (χ2v) is 4.62. The first-order valence-corrected chi connectivity index (χ1v) is 5.79. The summed E-state index contributed by atoms with van der Waals surface area (Å²) in [4.78, 5) is 16.7. The van der Waals surface area contributed by atoms with Gasteiger partial charge in [-0.3, -0.25) is 10.1 Å². The number of nitrogens with zero attached hydrogens (tertiary/aromatic N) is 3. The summed E-state index contributed by atoms with van der Waals surface area (Å²) in [6.07, 6.45) is 0. The van der Waals surface area contributed by atoms with Gasteiger partial charge in [-0.1, -0.05) is 30.3 Å². The third kappa shape index (κ3) is 2.26. The Bertz CT molecular complexity index is 537. The van der Waals surface area contributed by atoms with Gasteiger partial charge < -0.3 is 4.90 Å². The summed E-state index contributed by atoms with van der Waals surface area (Å²) in [5.74, 6) is 0. The molecule has 1 aromatic heterocycles. The van der Waals surface area contributed by atoms with E-state index in [1.807, 2.05) is 44.4 Å². The number of nitro groups is 1. The smallest absolute Gasteiger partial charge is 0.353 e. The Morgan fingerprint density at radius 1 is 1.29 bits per heavy atom. The minimum absolute atomic E-state index is 0.0832. The minimum Gasteiger partial charge on any atom is -0.354 e. The van der Waals surface area contributed by atoms with Gasteiger partial charge in [-0.2, -0.15) is 0 Å². The summed E-state index contributed by atoms with van der Waals surface area (Å²) in [6, 6.07) is 9.19. The fourth-order valence-electron chi connectivity index (χ4n) is 1.40.